The average Bonchev–Trinajstić information content (AvgIpc) is 3.51. The third kappa shape index (κ3) is 5.49. The zero-order chi connectivity index (χ0) is 27.0. The summed E-state index contributed by atoms with van der Waals surface area (Å²) in [5.41, 5.74) is 1.17. The van der Waals surface area contributed by atoms with E-state index >= 15 is 0 Å². The number of benzene rings is 4. The Kier molecular flexibility index (Phi) is 7.23. The number of nitrogens with zero attached hydrogens (tertiary/aromatic N) is 1. The summed E-state index contributed by atoms with van der Waals surface area (Å²) in [6.07, 6.45) is 1.60. The van der Waals surface area contributed by atoms with Crippen molar-refractivity contribution in [3.05, 3.63) is 109 Å². The molecule has 0 aliphatic carbocycles. The predicted molar refractivity (Wildman–Crippen MR) is 169 cm³/mol. The zero-order valence-corrected chi connectivity index (χ0v) is 24.7. The summed E-state index contributed by atoms with van der Waals surface area (Å²) in [5.74, 6) is 0. The lowest BCUT2D eigenvalue weighted by Gasteiger charge is -2.29. The van der Waals surface area contributed by atoms with Crippen LogP contribution in [-0.2, 0) is 11.2 Å². The van der Waals surface area contributed by atoms with E-state index in [-0.39, 0.29) is 12.1 Å². The number of ether oxygens (including phenoxy) is 1. The molecule has 1 saturated heterocycles. The first-order chi connectivity index (χ1) is 18.9. The molecule has 5 heteroatoms. The van der Waals surface area contributed by atoms with E-state index in [0.29, 0.717) is 20.4 Å². The van der Waals surface area contributed by atoms with Crippen molar-refractivity contribution < 1.29 is 9.53 Å². The van der Waals surface area contributed by atoms with Crippen molar-refractivity contribution in [3.63, 3.8) is 0 Å². The first-order valence-electron chi connectivity index (χ1n) is 13.7. The molecule has 1 aliphatic heterocycles. The topological polar surface area (TPSA) is 29.5 Å². The standard InChI is InChI=1S/C34H35NO2P2/c1-34(2,3)37-33(36)35-23-28(39(26-14-6-4-7-15-26)27-16-8-5-9-17-27)22-25(35)21-24-13-12-20-31-32(24)29-18-10-11-19-30(29)38-31/h4-20,25,28,38H,21-23H2,1-3H3/t25-,28-/m0/s1. The molecule has 39 heavy (non-hydrogen) atoms. The second kappa shape index (κ2) is 10.8. The maximum Gasteiger partial charge on any atom is 0.410 e. The quantitative estimate of drug-likeness (QED) is 0.207. The van der Waals surface area contributed by atoms with Gasteiger partial charge in [-0.3, -0.25) is 0 Å². The largest absolute Gasteiger partial charge is 0.444 e. The third-order valence-corrected chi connectivity index (χ3v) is 11.7. The van der Waals surface area contributed by atoms with Crippen molar-refractivity contribution in [2.45, 2.75) is 50.9 Å². The fraction of sp³-hybridized carbons (Fsp3) is 0.265. The Labute approximate surface area is 234 Å². The Hall–Kier alpha value is -3.12. The molecule has 0 saturated carbocycles. The van der Waals surface area contributed by atoms with E-state index in [1.165, 1.54) is 37.2 Å². The molecule has 1 amide bonds. The van der Waals surface area contributed by atoms with Crippen molar-refractivity contribution in [2.75, 3.05) is 6.54 Å². The minimum atomic E-state index is -0.633. The lowest BCUT2D eigenvalue weighted by atomic mass is 9.99. The van der Waals surface area contributed by atoms with Crippen LogP contribution in [0.3, 0.4) is 0 Å². The molecule has 1 aromatic heterocycles. The molecule has 0 spiro atoms. The number of rotatable bonds is 5. The summed E-state index contributed by atoms with van der Waals surface area (Å²) in [6.45, 7) is 6.57. The van der Waals surface area contributed by atoms with Gasteiger partial charge < -0.3 is 9.64 Å². The zero-order valence-electron chi connectivity index (χ0n) is 22.8. The average molecular weight is 552 g/mol. The lowest BCUT2D eigenvalue weighted by molar-refractivity contribution is 0.0227. The van der Waals surface area contributed by atoms with Gasteiger partial charge in [0.15, 0.2) is 0 Å². The molecule has 6 rings (SSSR count). The molecule has 4 aromatic carbocycles. The first-order valence-corrected chi connectivity index (χ1v) is 16.2. The Balaban J connectivity index is 1.39. The van der Waals surface area contributed by atoms with E-state index in [2.05, 4.69) is 103 Å². The van der Waals surface area contributed by atoms with Gasteiger partial charge in [-0.25, -0.2) is 4.79 Å². The van der Waals surface area contributed by atoms with Crippen LogP contribution in [0.4, 0.5) is 4.79 Å². The highest BCUT2D eigenvalue weighted by atomic mass is 31.1. The molecule has 0 N–H and O–H groups in total. The van der Waals surface area contributed by atoms with Gasteiger partial charge in [0.1, 0.15) is 5.60 Å². The second-order valence-electron chi connectivity index (χ2n) is 11.4. The summed E-state index contributed by atoms with van der Waals surface area (Å²) in [7, 11) is 0.0604. The van der Waals surface area contributed by atoms with Gasteiger partial charge in [0.2, 0.25) is 0 Å². The number of carbonyl (C=O) groups excluding carboxylic acids is 1. The minimum absolute atomic E-state index is 0.0878. The number of hydrogen-bond acceptors (Lipinski definition) is 2. The molecule has 3 atom stereocenters. The van der Waals surface area contributed by atoms with Crippen LogP contribution in [0.25, 0.3) is 21.0 Å². The van der Waals surface area contributed by atoms with Gasteiger partial charge in [0, 0.05) is 18.2 Å². The first kappa shape index (κ1) is 26.1. The third-order valence-electron chi connectivity index (χ3n) is 7.53. The van der Waals surface area contributed by atoms with Crippen LogP contribution < -0.4 is 10.6 Å². The fourth-order valence-electron chi connectivity index (χ4n) is 5.97. The SMILES string of the molecule is CC(C)(C)OC(=O)N1C[C@@H](P(c2ccccc2)c2ccccc2)C[C@@H]1Cc1cccc2[pH]c3ccccc3c12. The van der Waals surface area contributed by atoms with Crippen LogP contribution in [0.15, 0.2) is 103 Å². The van der Waals surface area contributed by atoms with E-state index in [1.807, 2.05) is 25.7 Å². The van der Waals surface area contributed by atoms with Gasteiger partial charge in [-0.15, -0.1) is 8.19 Å². The van der Waals surface area contributed by atoms with E-state index < -0.39 is 13.5 Å². The van der Waals surface area contributed by atoms with Crippen molar-refractivity contribution in [2.24, 2.45) is 0 Å². The molecule has 5 aromatic rings. The van der Waals surface area contributed by atoms with Crippen LogP contribution in [0.1, 0.15) is 32.8 Å². The number of likely N-dealkylation sites (tertiary alicyclic amines) is 1. The van der Waals surface area contributed by atoms with Crippen molar-refractivity contribution in [1.82, 2.24) is 4.90 Å². The molecule has 198 valence electrons. The van der Waals surface area contributed by atoms with Crippen LogP contribution in [0, 0.1) is 0 Å². The molecular weight excluding hydrogens is 516 g/mol. The van der Waals surface area contributed by atoms with E-state index in [4.69, 9.17) is 4.74 Å². The summed E-state index contributed by atoms with van der Waals surface area (Å²) < 4.78 is 5.97. The van der Waals surface area contributed by atoms with Gasteiger partial charge in [-0.1, -0.05) is 103 Å². The normalized spacial score (nSPS) is 18.0. The summed E-state index contributed by atoms with van der Waals surface area (Å²) in [6, 6.07) is 37.3. The highest BCUT2D eigenvalue weighted by molar-refractivity contribution is 7.73. The van der Waals surface area contributed by atoms with Crippen LogP contribution in [0.2, 0.25) is 0 Å². The Morgan fingerprint density at radius 2 is 1.46 bits per heavy atom. The fourth-order valence-corrected chi connectivity index (χ4v) is 10.3. The van der Waals surface area contributed by atoms with Gasteiger partial charge in [-0.2, -0.15) is 0 Å². The van der Waals surface area contributed by atoms with Crippen molar-refractivity contribution in [1.29, 1.82) is 0 Å². The molecular formula is C34H35NO2P2. The van der Waals surface area contributed by atoms with Gasteiger partial charge in [-0.05, 0) is 78.7 Å². The highest BCUT2D eigenvalue weighted by Crippen LogP contribution is 2.47. The predicted octanol–water partition coefficient (Wildman–Crippen LogP) is 8.08. The molecule has 3 nitrogen and oxygen atoms in total. The molecule has 0 bridgehead atoms. The Morgan fingerprint density at radius 1 is 0.846 bits per heavy atom. The van der Waals surface area contributed by atoms with Gasteiger partial charge in [0.25, 0.3) is 0 Å². The lowest BCUT2D eigenvalue weighted by Crippen LogP contribution is -2.41. The summed E-state index contributed by atoms with van der Waals surface area (Å²) in [4.78, 5) is 15.7. The second-order valence-corrected chi connectivity index (χ2v) is 15.3. The van der Waals surface area contributed by atoms with Crippen LogP contribution in [0.5, 0.6) is 0 Å². The minimum Gasteiger partial charge on any atom is -0.444 e. The monoisotopic (exact) mass is 551 g/mol. The number of carbonyl (C=O) groups is 1. The van der Waals surface area contributed by atoms with Gasteiger partial charge in [0.05, 0.1) is 0 Å². The number of fused-ring (bicyclic) bond motifs is 3. The van der Waals surface area contributed by atoms with E-state index in [1.54, 1.807) is 0 Å². The van der Waals surface area contributed by atoms with Crippen LogP contribution in [-0.4, -0.2) is 34.8 Å². The molecule has 1 fully saturated rings. The van der Waals surface area contributed by atoms with Crippen molar-refractivity contribution >= 4 is 53.8 Å². The molecule has 0 radical (unpaired) electrons. The van der Waals surface area contributed by atoms with E-state index in [9.17, 15) is 4.79 Å². The number of hydrogen-bond donors (Lipinski definition) is 0. The van der Waals surface area contributed by atoms with E-state index in [0.717, 1.165) is 12.8 Å². The summed E-state index contributed by atoms with van der Waals surface area (Å²) >= 11 is 0. The molecule has 2 heterocycles. The number of amides is 1. The molecule has 1 aliphatic rings. The highest BCUT2D eigenvalue weighted by Gasteiger charge is 2.41. The smallest absolute Gasteiger partial charge is 0.410 e. The maximum absolute atomic E-state index is 13.6. The van der Waals surface area contributed by atoms with Gasteiger partial charge >= 0.3 is 6.09 Å². The Morgan fingerprint density at radius 3 is 2.13 bits per heavy atom. The Bertz CT molecular complexity index is 1550. The molecule has 1 unspecified atom stereocenters. The van der Waals surface area contributed by atoms with Crippen molar-refractivity contribution in [3.8, 4) is 0 Å². The summed E-state index contributed by atoms with van der Waals surface area (Å²) in [5, 5.41) is 8.31. The van der Waals surface area contributed by atoms with Crippen LogP contribution >= 0.6 is 16.1 Å². The maximum atomic E-state index is 13.6.